The Kier molecular flexibility index (Phi) is 6.68. The lowest BCUT2D eigenvalue weighted by molar-refractivity contribution is 0.0792. The number of nitrogens with zero attached hydrogens (tertiary/aromatic N) is 2. The molecule has 0 aliphatic heterocycles. The van der Waals surface area contributed by atoms with Crippen LogP contribution in [0.5, 0.6) is 5.75 Å². The minimum Gasteiger partial charge on any atom is -0.489 e. The maximum atomic E-state index is 12.5. The molecule has 1 aromatic heterocycles. The summed E-state index contributed by atoms with van der Waals surface area (Å²) in [6.07, 6.45) is 3.32. The fourth-order valence-electron chi connectivity index (χ4n) is 2.63. The van der Waals surface area contributed by atoms with E-state index < -0.39 is 0 Å². The molecule has 1 N–H and O–H groups in total. The van der Waals surface area contributed by atoms with Crippen LogP contribution < -0.4 is 10.1 Å². The molecule has 1 heterocycles. The Labute approximate surface area is 169 Å². The fraction of sp³-hybridized carbons (Fsp3) is 0.238. The molecule has 0 fully saturated rings. The van der Waals surface area contributed by atoms with E-state index in [1.165, 1.54) is 0 Å². The molecule has 0 radical (unpaired) electrons. The van der Waals surface area contributed by atoms with E-state index in [1.807, 2.05) is 44.2 Å². The van der Waals surface area contributed by atoms with Crippen molar-refractivity contribution >= 4 is 23.2 Å². The van der Waals surface area contributed by atoms with Gasteiger partial charge >= 0.3 is 0 Å². The lowest BCUT2D eigenvalue weighted by Gasteiger charge is -2.10. The van der Waals surface area contributed by atoms with Crippen LogP contribution in [-0.2, 0) is 18.1 Å². The minimum absolute atomic E-state index is 0.208. The monoisotopic (exact) mass is 399 g/mol. The van der Waals surface area contributed by atoms with Crippen molar-refractivity contribution in [3.05, 3.63) is 76.6 Å². The van der Waals surface area contributed by atoms with E-state index >= 15 is 0 Å². The van der Waals surface area contributed by atoms with E-state index in [-0.39, 0.29) is 5.91 Å². The van der Waals surface area contributed by atoms with Crippen molar-refractivity contribution in [2.24, 2.45) is 0 Å². The Morgan fingerprint density at radius 3 is 2.89 bits per heavy atom. The lowest BCUT2D eigenvalue weighted by atomic mass is 10.1. The summed E-state index contributed by atoms with van der Waals surface area (Å²) in [6, 6.07) is 12.8. The Balaban J connectivity index is 1.62. The summed E-state index contributed by atoms with van der Waals surface area (Å²) in [5.41, 5.74) is 3.02. The van der Waals surface area contributed by atoms with E-state index in [1.54, 1.807) is 29.2 Å². The second-order valence-corrected chi connectivity index (χ2v) is 6.68. The molecular formula is C21H22ClN3O3. The van der Waals surface area contributed by atoms with E-state index in [4.69, 9.17) is 21.1 Å². The number of hydrogen-bond donors (Lipinski definition) is 1. The number of aryl methyl sites for hydroxylation is 1. The summed E-state index contributed by atoms with van der Waals surface area (Å²) in [7, 11) is 0. The maximum Gasteiger partial charge on any atom is 0.255 e. The number of halogens is 1. The smallest absolute Gasteiger partial charge is 0.255 e. The third-order valence-electron chi connectivity index (χ3n) is 4.04. The molecule has 3 rings (SSSR count). The molecule has 6 nitrogen and oxygen atoms in total. The van der Waals surface area contributed by atoms with Crippen LogP contribution in [0.4, 0.5) is 5.69 Å². The van der Waals surface area contributed by atoms with Gasteiger partial charge in [0.05, 0.1) is 18.1 Å². The Hall–Kier alpha value is -2.83. The third-order valence-corrected chi connectivity index (χ3v) is 4.27. The standard InChI is InChI=1S/C21H22ClN3O3/c1-3-27-14-25-12-19(11-23-25)24-21(26)17-6-4-5-16(10-17)13-28-20-8-7-18(22)9-15(20)2/h4-12H,3,13-14H2,1-2H3,(H,24,26). The van der Waals surface area contributed by atoms with Gasteiger partial charge in [0.15, 0.2) is 0 Å². The molecule has 0 unspecified atom stereocenters. The number of carbonyl (C=O) groups is 1. The van der Waals surface area contributed by atoms with Crippen molar-refractivity contribution in [3.63, 3.8) is 0 Å². The summed E-state index contributed by atoms with van der Waals surface area (Å²) in [5.74, 6) is 0.557. The predicted molar refractivity (Wildman–Crippen MR) is 109 cm³/mol. The van der Waals surface area contributed by atoms with Gasteiger partial charge in [-0.3, -0.25) is 4.79 Å². The number of nitrogens with one attached hydrogen (secondary N) is 1. The van der Waals surface area contributed by atoms with Gasteiger partial charge in [-0.15, -0.1) is 0 Å². The highest BCUT2D eigenvalue weighted by Gasteiger charge is 2.09. The van der Waals surface area contributed by atoms with Crippen LogP contribution in [-0.4, -0.2) is 22.3 Å². The van der Waals surface area contributed by atoms with Gasteiger partial charge in [0.25, 0.3) is 5.91 Å². The van der Waals surface area contributed by atoms with Crippen LogP contribution in [0.1, 0.15) is 28.4 Å². The number of amides is 1. The van der Waals surface area contributed by atoms with Gasteiger partial charge in [-0.2, -0.15) is 5.10 Å². The van der Waals surface area contributed by atoms with Crippen LogP contribution in [0.3, 0.4) is 0 Å². The predicted octanol–water partition coefficient (Wildman–Crippen LogP) is 4.67. The summed E-state index contributed by atoms with van der Waals surface area (Å²) in [5, 5.41) is 7.66. The zero-order valence-corrected chi connectivity index (χ0v) is 16.6. The number of carbonyl (C=O) groups excluding carboxylic acids is 1. The number of hydrogen-bond acceptors (Lipinski definition) is 4. The third kappa shape index (κ3) is 5.34. The summed E-state index contributed by atoms with van der Waals surface area (Å²) < 4.78 is 12.8. The molecular weight excluding hydrogens is 378 g/mol. The first-order chi connectivity index (χ1) is 13.5. The molecule has 3 aromatic rings. The number of aromatic nitrogens is 2. The highest BCUT2D eigenvalue weighted by molar-refractivity contribution is 6.30. The molecule has 0 saturated carbocycles. The molecule has 1 amide bonds. The van der Waals surface area contributed by atoms with E-state index in [0.29, 0.717) is 36.2 Å². The molecule has 0 aliphatic carbocycles. The molecule has 0 saturated heterocycles. The van der Waals surface area contributed by atoms with Crippen LogP contribution >= 0.6 is 11.6 Å². The molecule has 0 spiro atoms. The summed E-state index contributed by atoms with van der Waals surface area (Å²) in [4.78, 5) is 12.5. The van der Waals surface area contributed by atoms with E-state index in [2.05, 4.69) is 10.4 Å². The van der Waals surface area contributed by atoms with Crippen molar-refractivity contribution in [3.8, 4) is 5.75 Å². The normalized spacial score (nSPS) is 10.7. The van der Waals surface area contributed by atoms with Gasteiger partial charge in [0.2, 0.25) is 0 Å². The second-order valence-electron chi connectivity index (χ2n) is 6.24. The van der Waals surface area contributed by atoms with Gasteiger partial charge < -0.3 is 14.8 Å². The van der Waals surface area contributed by atoms with Gasteiger partial charge in [-0.25, -0.2) is 4.68 Å². The fourth-order valence-corrected chi connectivity index (χ4v) is 2.85. The summed E-state index contributed by atoms with van der Waals surface area (Å²) in [6.45, 7) is 5.17. The highest BCUT2D eigenvalue weighted by Crippen LogP contribution is 2.23. The van der Waals surface area contributed by atoms with E-state index in [9.17, 15) is 4.79 Å². The van der Waals surface area contributed by atoms with Gasteiger partial charge in [0, 0.05) is 17.2 Å². The van der Waals surface area contributed by atoms with Gasteiger partial charge in [-0.1, -0.05) is 23.7 Å². The molecule has 7 heteroatoms. The van der Waals surface area contributed by atoms with Crippen molar-refractivity contribution in [2.45, 2.75) is 27.2 Å². The summed E-state index contributed by atoms with van der Waals surface area (Å²) >= 11 is 5.97. The zero-order chi connectivity index (χ0) is 19.9. The van der Waals surface area contributed by atoms with Crippen LogP contribution in [0.25, 0.3) is 0 Å². The lowest BCUT2D eigenvalue weighted by Crippen LogP contribution is -2.12. The van der Waals surface area contributed by atoms with E-state index in [0.717, 1.165) is 16.9 Å². The molecule has 0 aliphatic rings. The number of anilines is 1. The molecule has 0 atom stereocenters. The number of benzene rings is 2. The molecule has 2 aromatic carbocycles. The van der Waals surface area contributed by atoms with Gasteiger partial charge in [-0.05, 0) is 55.3 Å². The van der Waals surface area contributed by atoms with Crippen molar-refractivity contribution in [2.75, 3.05) is 11.9 Å². The molecule has 0 bridgehead atoms. The van der Waals surface area contributed by atoms with Crippen LogP contribution in [0.15, 0.2) is 54.9 Å². The maximum absolute atomic E-state index is 12.5. The number of rotatable bonds is 8. The van der Waals surface area contributed by atoms with Crippen molar-refractivity contribution < 1.29 is 14.3 Å². The largest absolute Gasteiger partial charge is 0.489 e. The average molecular weight is 400 g/mol. The highest BCUT2D eigenvalue weighted by atomic mass is 35.5. The van der Waals surface area contributed by atoms with Crippen LogP contribution in [0, 0.1) is 6.92 Å². The topological polar surface area (TPSA) is 65.4 Å². The minimum atomic E-state index is -0.208. The van der Waals surface area contributed by atoms with Crippen LogP contribution in [0.2, 0.25) is 5.02 Å². The second kappa shape index (κ2) is 9.39. The quantitative estimate of drug-likeness (QED) is 0.597. The zero-order valence-electron chi connectivity index (χ0n) is 15.8. The van der Waals surface area contributed by atoms with Crippen molar-refractivity contribution in [1.29, 1.82) is 0 Å². The van der Waals surface area contributed by atoms with Crippen molar-refractivity contribution in [1.82, 2.24) is 9.78 Å². The van der Waals surface area contributed by atoms with Gasteiger partial charge in [0.1, 0.15) is 19.1 Å². The first kappa shape index (κ1) is 19.9. The first-order valence-corrected chi connectivity index (χ1v) is 9.32. The Morgan fingerprint density at radius 2 is 2.11 bits per heavy atom. The Morgan fingerprint density at radius 1 is 1.25 bits per heavy atom. The molecule has 146 valence electrons. The Bertz CT molecular complexity index is 956. The average Bonchev–Trinajstić information content (AvgIpc) is 3.13. The number of ether oxygens (including phenoxy) is 2. The molecule has 28 heavy (non-hydrogen) atoms. The SMILES string of the molecule is CCOCn1cc(NC(=O)c2cccc(COc3ccc(Cl)cc3C)c2)cn1. The first-order valence-electron chi connectivity index (χ1n) is 8.94.